The molecule has 1 fully saturated rings. The topological polar surface area (TPSA) is 88.9 Å². The average Bonchev–Trinajstić information content (AvgIpc) is 3.14. The number of nitrogens with zero attached hydrogens (tertiary/aromatic N) is 2. The van der Waals surface area contributed by atoms with Gasteiger partial charge < -0.3 is 29.5 Å². The number of benzene rings is 1. The number of carbonyl (C=O) groups excluding carboxylic acids is 1. The lowest BCUT2D eigenvalue weighted by Crippen LogP contribution is -2.54. The molecule has 0 saturated carbocycles. The maximum absolute atomic E-state index is 13.8. The Kier molecular flexibility index (Phi) is 7.83. The molecule has 3 rings (SSSR count). The SMILES string of the molecule is COc1cc(-c2onc(N(C)C)c2C(=O)N[C@H]2CNCC[C@H]2OC)ccc1F.Cl. The molecule has 1 aromatic heterocycles. The number of rotatable bonds is 6. The van der Waals surface area contributed by atoms with Crippen molar-refractivity contribution in [2.45, 2.75) is 18.6 Å². The lowest BCUT2D eigenvalue weighted by Gasteiger charge is -2.31. The van der Waals surface area contributed by atoms with Crippen LogP contribution in [0.1, 0.15) is 16.8 Å². The Morgan fingerprint density at radius 1 is 1.38 bits per heavy atom. The van der Waals surface area contributed by atoms with E-state index in [2.05, 4.69) is 15.8 Å². The first-order chi connectivity index (χ1) is 13.5. The minimum atomic E-state index is -0.499. The lowest BCUT2D eigenvalue weighted by molar-refractivity contribution is 0.0448. The smallest absolute Gasteiger partial charge is 0.259 e. The van der Waals surface area contributed by atoms with Gasteiger partial charge in [0, 0.05) is 33.3 Å². The van der Waals surface area contributed by atoms with E-state index in [1.807, 2.05) is 0 Å². The zero-order chi connectivity index (χ0) is 20.3. The van der Waals surface area contributed by atoms with Crippen molar-refractivity contribution >= 4 is 24.1 Å². The maximum atomic E-state index is 13.8. The van der Waals surface area contributed by atoms with Crippen LogP contribution in [0.3, 0.4) is 0 Å². The first-order valence-electron chi connectivity index (χ1n) is 9.01. The molecule has 2 heterocycles. The first-order valence-corrected chi connectivity index (χ1v) is 9.01. The highest BCUT2D eigenvalue weighted by atomic mass is 35.5. The van der Waals surface area contributed by atoms with Gasteiger partial charge in [0.15, 0.2) is 23.1 Å². The molecule has 1 aliphatic rings. The molecule has 1 aliphatic heterocycles. The Morgan fingerprint density at radius 3 is 2.79 bits per heavy atom. The van der Waals surface area contributed by atoms with E-state index in [0.717, 1.165) is 13.0 Å². The fourth-order valence-corrected chi connectivity index (χ4v) is 3.29. The second-order valence-electron chi connectivity index (χ2n) is 6.80. The van der Waals surface area contributed by atoms with Gasteiger partial charge in [0.05, 0.1) is 19.3 Å². The summed E-state index contributed by atoms with van der Waals surface area (Å²) in [4.78, 5) is 14.8. The molecule has 1 amide bonds. The standard InChI is InChI=1S/C19H25FN4O4.ClH/c1-24(2)18-16(19(25)22-13-10-21-8-7-14(13)26-3)17(28-23-18)11-5-6-12(20)15(9-11)27-4;/h5-6,9,13-14,21H,7-8,10H2,1-4H3,(H,22,25);1H/t13-,14+;/m0./s1. The number of ether oxygens (including phenoxy) is 2. The zero-order valence-corrected chi connectivity index (χ0v) is 17.6. The molecule has 2 atom stereocenters. The van der Waals surface area contributed by atoms with Gasteiger partial charge in [-0.05, 0) is 31.2 Å². The molecule has 29 heavy (non-hydrogen) atoms. The third-order valence-corrected chi connectivity index (χ3v) is 4.78. The number of anilines is 1. The first kappa shape index (κ1) is 22.9. The zero-order valence-electron chi connectivity index (χ0n) is 16.8. The van der Waals surface area contributed by atoms with E-state index in [9.17, 15) is 9.18 Å². The van der Waals surface area contributed by atoms with Gasteiger partial charge in [0.25, 0.3) is 5.91 Å². The fourth-order valence-electron chi connectivity index (χ4n) is 3.29. The van der Waals surface area contributed by atoms with Crippen molar-refractivity contribution in [1.82, 2.24) is 15.8 Å². The molecule has 0 spiro atoms. The highest BCUT2D eigenvalue weighted by molar-refractivity contribution is 6.04. The summed E-state index contributed by atoms with van der Waals surface area (Å²) < 4.78 is 29.8. The van der Waals surface area contributed by atoms with Gasteiger partial charge in [-0.3, -0.25) is 4.79 Å². The predicted molar refractivity (Wildman–Crippen MR) is 110 cm³/mol. The van der Waals surface area contributed by atoms with E-state index >= 15 is 0 Å². The van der Waals surface area contributed by atoms with Gasteiger partial charge in [-0.25, -0.2) is 4.39 Å². The van der Waals surface area contributed by atoms with Gasteiger partial charge in [0.1, 0.15) is 5.56 Å². The summed E-state index contributed by atoms with van der Waals surface area (Å²) in [6.45, 7) is 1.44. The Balaban J connectivity index is 0.00000300. The summed E-state index contributed by atoms with van der Waals surface area (Å²) in [5.74, 6) is -0.145. The van der Waals surface area contributed by atoms with Crippen LogP contribution in [0, 0.1) is 5.82 Å². The van der Waals surface area contributed by atoms with Gasteiger partial charge in [-0.15, -0.1) is 12.4 Å². The number of aromatic nitrogens is 1. The molecule has 2 N–H and O–H groups in total. The summed E-state index contributed by atoms with van der Waals surface area (Å²) in [7, 11) is 6.55. The van der Waals surface area contributed by atoms with Gasteiger partial charge in [-0.2, -0.15) is 0 Å². The summed E-state index contributed by atoms with van der Waals surface area (Å²) in [5, 5.41) is 10.3. The minimum absolute atomic E-state index is 0. The van der Waals surface area contributed by atoms with Crippen molar-refractivity contribution in [1.29, 1.82) is 0 Å². The molecule has 1 aromatic carbocycles. The van der Waals surface area contributed by atoms with E-state index in [-0.39, 0.29) is 47.5 Å². The quantitative estimate of drug-likeness (QED) is 0.728. The van der Waals surface area contributed by atoms with E-state index < -0.39 is 5.82 Å². The number of halogens is 2. The van der Waals surface area contributed by atoms with Crippen LogP contribution in [0.25, 0.3) is 11.3 Å². The van der Waals surface area contributed by atoms with Crippen molar-refractivity contribution < 1.29 is 23.2 Å². The van der Waals surface area contributed by atoms with Crippen LogP contribution in [0.2, 0.25) is 0 Å². The number of piperidine rings is 1. The van der Waals surface area contributed by atoms with Crippen LogP contribution in [0.15, 0.2) is 22.7 Å². The van der Waals surface area contributed by atoms with Gasteiger partial charge >= 0.3 is 0 Å². The Bertz CT molecular complexity index is 846. The largest absolute Gasteiger partial charge is 0.494 e. The Morgan fingerprint density at radius 2 is 2.14 bits per heavy atom. The van der Waals surface area contributed by atoms with Crippen molar-refractivity contribution in [3.05, 3.63) is 29.6 Å². The second-order valence-corrected chi connectivity index (χ2v) is 6.80. The monoisotopic (exact) mass is 428 g/mol. The van der Waals surface area contributed by atoms with Crippen molar-refractivity contribution in [3.63, 3.8) is 0 Å². The van der Waals surface area contributed by atoms with Crippen molar-refractivity contribution in [2.75, 3.05) is 46.3 Å². The maximum Gasteiger partial charge on any atom is 0.259 e. The fraction of sp³-hybridized carbons (Fsp3) is 0.474. The molecule has 2 aromatic rings. The van der Waals surface area contributed by atoms with Crippen LogP contribution >= 0.6 is 12.4 Å². The summed E-state index contributed by atoms with van der Waals surface area (Å²) >= 11 is 0. The second kappa shape index (κ2) is 9.91. The molecule has 0 bridgehead atoms. The summed E-state index contributed by atoms with van der Waals surface area (Å²) in [6, 6.07) is 4.08. The number of methoxy groups -OCH3 is 2. The van der Waals surface area contributed by atoms with E-state index in [0.29, 0.717) is 17.9 Å². The number of amides is 1. The van der Waals surface area contributed by atoms with E-state index in [1.54, 1.807) is 26.1 Å². The van der Waals surface area contributed by atoms with E-state index in [1.165, 1.54) is 25.3 Å². The highest BCUT2D eigenvalue weighted by Crippen LogP contribution is 2.33. The summed E-state index contributed by atoms with van der Waals surface area (Å²) in [5.41, 5.74) is 0.771. The average molecular weight is 429 g/mol. The van der Waals surface area contributed by atoms with Crippen molar-refractivity contribution in [2.24, 2.45) is 0 Å². The third-order valence-electron chi connectivity index (χ3n) is 4.78. The van der Waals surface area contributed by atoms with E-state index in [4.69, 9.17) is 14.0 Å². The Hall–Kier alpha value is -2.36. The molecule has 0 radical (unpaired) electrons. The number of carbonyl (C=O) groups is 1. The van der Waals surface area contributed by atoms with Crippen LogP contribution in [0.5, 0.6) is 5.75 Å². The molecule has 10 heteroatoms. The third kappa shape index (κ3) is 4.80. The molecule has 160 valence electrons. The summed E-state index contributed by atoms with van der Waals surface area (Å²) in [6.07, 6.45) is 0.718. The molecule has 1 saturated heterocycles. The number of hydrogen-bond donors (Lipinski definition) is 2. The van der Waals surface area contributed by atoms with Crippen LogP contribution in [-0.2, 0) is 4.74 Å². The van der Waals surface area contributed by atoms with Crippen molar-refractivity contribution in [3.8, 4) is 17.1 Å². The van der Waals surface area contributed by atoms with Crippen LogP contribution in [0.4, 0.5) is 10.2 Å². The van der Waals surface area contributed by atoms with Crippen LogP contribution in [-0.4, -0.2) is 64.6 Å². The lowest BCUT2D eigenvalue weighted by atomic mass is 10.0. The van der Waals surface area contributed by atoms with Crippen LogP contribution < -0.4 is 20.3 Å². The Labute approximate surface area is 175 Å². The molecule has 0 aliphatic carbocycles. The number of hydrogen-bond acceptors (Lipinski definition) is 7. The molecular weight excluding hydrogens is 403 g/mol. The highest BCUT2D eigenvalue weighted by Gasteiger charge is 2.31. The van der Waals surface area contributed by atoms with Gasteiger partial charge in [-0.1, -0.05) is 5.16 Å². The predicted octanol–water partition coefficient (Wildman–Crippen LogP) is 2.08. The molecular formula is C19H26ClFN4O4. The minimum Gasteiger partial charge on any atom is -0.494 e. The number of nitrogens with one attached hydrogen (secondary N) is 2. The van der Waals surface area contributed by atoms with Gasteiger partial charge in [0.2, 0.25) is 0 Å². The normalized spacial score (nSPS) is 18.7. The molecule has 8 nitrogen and oxygen atoms in total. The molecule has 0 unspecified atom stereocenters.